The molecule has 0 spiro atoms. The lowest BCUT2D eigenvalue weighted by molar-refractivity contribution is -0.390. The molecular formula is C12H10BrN9O2. The molecule has 122 valence electrons. The van der Waals surface area contributed by atoms with E-state index in [1.54, 1.807) is 35.7 Å². The van der Waals surface area contributed by atoms with Crippen LogP contribution in [0.15, 0.2) is 17.0 Å². The maximum atomic E-state index is 11.0. The third kappa shape index (κ3) is 2.06. The molecule has 24 heavy (non-hydrogen) atoms. The Labute approximate surface area is 142 Å². The first-order valence-electron chi connectivity index (χ1n) is 6.85. The molecular weight excluding hydrogens is 382 g/mol. The van der Waals surface area contributed by atoms with Gasteiger partial charge in [0, 0.05) is 7.05 Å². The number of aromatic nitrogens is 8. The van der Waals surface area contributed by atoms with Gasteiger partial charge >= 0.3 is 5.82 Å². The fraction of sp³-hybridized carbons (Fsp3) is 0.250. The van der Waals surface area contributed by atoms with Crippen LogP contribution >= 0.6 is 15.9 Å². The topological polar surface area (TPSA) is 122 Å². The summed E-state index contributed by atoms with van der Waals surface area (Å²) in [5, 5.41) is 24.3. The van der Waals surface area contributed by atoms with Gasteiger partial charge in [0.2, 0.25) is 0 Å². The molecule has 0 aliphatic heterocycles. The predicted octanol–water partition coefficient (Wildman–Crippen LogP) is 1.23. The van der Waals surface area contributed by atoms with Gasteiger partial charge in [-0.25, -0.2) is 14.5 Å². The van der Waals surface area contributed by atoms with E-state index in [0.29, 0.717) is 27.3 Å². The molecule has 4 aromatic rings. The van der Waals surface area contributed by atoms with E-state index < -0.39 is 4.92 Å². The fourth-order valence-corrected chi connectivity index (χ4v) is 2.89. The van der Waals surface area contributed by atoms with Crippen molar-refractivity contribution in [3.05, 3.63) is 38.6 Å². The van der Waals surface area contributed by atoms with Crippen molar-refractivity contribution in [3.8, 4) is 0 Å². The highest BCUT2D eigenvalue weighted by Gasteiger charge is 2.24. The third-order valence-corrected chi connectivity index (χ3v) is 4.62. The van der Waals surface area contributed by atoms with Gasteiger partial charge in [-0.15, -0.1) is 5.10 Å². The highest BCUT2D eigenvalue weighted by molar-refractivity contribution is 9.10. The lowest BCUT2D eigenvalue weighted by Gasteiger charge is -1.94. The van der Waals surface area contributed by atoms with E-state index in [-0.39, 0.29) is 12.4 Å². The number of fused-ring (bicyclic) bond motifs is 3. The van der Waals surface area contributed by atoms with Crippen molar-refractivity contribution in [2.24, 2.45) is 7.05 Å². The number of nitro groups is 1. The minimum absolute atomic E-state index is 0.210. The minimum atomic E-state index is -0.534. The highest BCUT2D eigenvalue weighted by Crippen LogP contribution is 2.27. The van der Waals surface area contributed by atoms with Crippen molar-refractivity contribution in [1.29, 1.82) is 0 Å². The quantitative estimate of drug-likeness (QED) is 0.380. The zero-order valence-corrected chi connectivity index (χ0v) is 14.2. The first-order valence-corrected chi connectivity index (χ1v) is 7.64. The van der Waals surface area contributed by atoms with E-state index in [2.05, 4.69) is 41.2 Å². The Morgan fingerprint density at radius 3 is 2.83 bits per heavy atom. The summed E-state index contributed by atoms with van der Waals surface area (Å²) in [6.45, 7) is 1.95. The van der Waals surface area contributed by atoms with E-state index in [4.69, 9.17) is 0 Å². The summed E-state index contributed by atoms with van der Waals surface area (Å²) in [4.78, 5) is 19.2. The predicted molar refractivity (Wildman–Crippen MR) is 85.5 cm³/mol. The third-order valence-electron chi connectivity index (χ3n) is 3.69. The molecule has 0 radical (unpaired) electrons. The van der Waals surface area contributed by atoms with Gasteiger partial charge < -0.3 is 10.1 Å². The highest BCUT2D eigenvalue weighted by atomic mass is 79.9. The summed E-state index contributed by atoms with van der Waals surface area (Å²) in [6.07, 6.45) is 3.24. The molecule has 0 N–H and O–H groups in total. The lowest BCUT2D eigenvalue weighted by Crippen LogP contribution is -2.06. The van der Waals surface area contributed by atoms with Crippen LogP contribution < -0.4 is 0 Å². The Kier molecular flexibility index (Phi) is 3.09. The minimum Gasteiger partial charge on any atom is -0.358 e. The van der Waals surface area contributed by atoms with Gasteiger partial charge in [0.1, 0.15) is 17.3 Å². The van der Waals surface area contributed by atoms with Crippen LogP contribution in [0.1, 0.15) is 11.5 Å². The zero-order valence-electron chi connectivity index (χ0n) is 12.6. The maximum absolute atomic E-state index is 11.0. The normalized spacial score (nSPS) is 11.6. The monoisotopic (exact) mass is 391 g/mol. The summed E-state index contributed by atoms with van der Waals surface area (Å²) in [7, 11) is 1.80. The summed E-state index contributed by atoms with van der Waals surface area (Å²) in [5.41, 5.74) is 1.96. The van der Waals surface area contributed by atoms with E-state index in [9.17, 15) is 10.1 Å². The van der Waals surface area contributed by atoms with Crippen LogP contribution in [-0.4, -0.2) is 44.1 Å². The number of rotatable bonds is 3. The summed E-state index contributed by atoms with van der Waals surface area (Å²) >= 11 is 3.19. The van der Waals surface area contributed by atoms with Gasteiger partial charge in [0.05, 0.1) is 22.4 Å². The van der Waals surface area contributed by atoms with Crippen molar-refractivity contribution in [3.63, 3.8) is 0 Å². The van der Waals surface area contributed by atoms with Crippen molar-refractivity contribution < 1.29 is 4.92 Å². The van der Waals surface area contributed by atoms with Crippen LogP contribution in [0.4, 0.5) is 5.82 Å². The van der Waals surface area contributed by atoms with Crippen molar-refractivity contribution in [1.82, 2.24) is 39.1 Å². The fourth-order valence-electron chi connectivity index (χ4n) is 2.46. The SMILES string of the molecule is Cc1c(Br)c([N+](=O)[O-])nn1Cc1nc2c3cnn(C)c3ncn2n1. The maximum Gasteiger partial charge on any atom is 0.404 e. The molecule has 4 aromatic heterocycles. The van der Waals surface area contributed by atoms with Crippen LogP contribution in [-0.2, 0) is 13.6 Å². The molecule has 0 unspecified atom stereocenters. The van der Waals surface area contributed by atoms with Crippen LogP contribution in [0.3, 0.4) is 0 Å². The van der Waals surface area contributed by atoms with E-state index in [1.165, 1.54) is 4.68 Å². The van der Waals surface area contributed by atoms with Crippen LogP contribution in [0.25, 0.3) is 16.7 Å². The van der Waals surface area contributed by atoms with E-state index >= 15 is 0 Å². The Morgan fingerprint density at radius 2 is 2.12 bits per heavy atom. The molecule has 4 heterocycles. The largest absolute Gasteiger partial charge is 0.404 e. The van der Waals surface area contributed by atoms with Gasteiger partial charge in [-0.2, -0.15) is 9.78 Å². The number of hydrogen-bond acceptors (Lipinski definition) is 7. The number of hydrogen-bond donors (Lipinski definition) is 0. The summed E-state index contributed by atoms with van der Waals surface area (Å²) in [5.74, 6) is 0.244. The van der Waals surface area contributed by atoms with Gasteiger partial charge in [0.15, 0.2) is 17.1 Å². The first-order chi connectivity index (χ1) is 11.5. The van der Waals surface area contributed by atoms with Gasteiger partial charge in [-0.1, -0.05) is 0 Å². The second-order valence-electron chi connectivity index (χ2n) is 5.18. The lowest BCUT2D eigenvalue weighted by atomic mass is 10.4. The van der Waals surface area contributed by atoms with E-state index in [1.807, 2.05) is 0 Å². The molecule has 0 saturated carbocycles. The number of nitrogens with zero attached hydrogens (tertiary/aromatic N) is 9. The Morgan fingerprint density at radius 1 is 1.33 bits per heavy atom. The molecule has 0 aliphatic rings. The standard InChI is InChI=1S/C12H10BrN9O2/c1-6-9(13)12(22(23)24)18-20(6)4-8-16-11-7-3-15-19(2)10(7)14-5-21(11)17-8/h3,5H,4H2,1-2H3. The van der Waals surface area contributed by atoms with Gasteiger partial charge in [-0.3, -0.25) is 4.68 Å². The summed E-state index contributed by atoms with van der Waals surface area (Å²) < 4.78 is 5.06. The molecule has 4 rings (SSSR count). The van der Waals surface area contributed by atoms with Crippen LogP contribution in [0, 0.1) is 17.0 Å². The van der Waals surface area contributed by atoms with Crippen molar-refractivity contribution in [2.75, 3.05) is 0 Å². The molecule has 0 amide bonds. The van der Waals surface area contributed by atoms with Gasteiger partial charge in [0.25, 0.3) is 0 Å². The first kappa shape index (κ1) is 14.7. The van der Waals surface area contributed by atoms with Crippen molar-refractivity contribution in [2.45, 2.75) is 13.5 Å². The summed E-state index contributed by atoms with van der Waals surface area (Å²) in [6, 6.07) is 0. The molecule has 0 aromatic carbocycles. The Bertz CT molecular complexity index is 1110. The molecule has 0 fully saturated rings. The second kappa shape index (κ2) is 5.06. The molecule has 0 atom stereocenters. The average molecular weight is 392 g/mol. The molecule has 0 bridgehead atoms. The molecule has 0 saturated heterocycles. The second-order valence-corrected chi connectivity index (χ2v) is 5.98. The Balaban J connectivity index is 1.79. The van der Waals surface area contributed by atoms with Crippen LogP contribution in [0.2, 0.25) is 0 Å². The number of aryl methyl sites for hydroxylation is 1. The molecule has 11 nitrogen and oxygen atoms in total. The van der Waals surface area contributed by atoms with E-state index in [0.717, 1.165) is 5.39 Å². The zero-order chi connectivity index (χ0) is 17.0. The van der Waals surface area contributed by atoms with Crippen LogP contribution in [0.5, 0.6) is 0 Å². The number of halogens is 1. The Hall–Kier alpha value is -2.89. The molecule has 0 aliphatic carbocycles. The molecule has 12 heteroatoms. The average Bonchev–Trinajstić information content (AvgIpc) is 3.19. The smallest absolute Gasteiger partial charge is 0.358 e. The van der Waals surface area contributed by atoms with Crippen molar-refractivity contribution >= 4 is 38.4 Å². The van der Waals surface area contributed by atoms with Gasteiger partial charge in [-0.05, 0) is 27.8 Å².